The van der Waals surface area contributed by atoms with E-state index in [1.54, 1.807) is 0 Å². The number of hydrogen-bond donors (Lipinski definition) is 0. The molecule has 0 nitrogen and oxygen atoms in total. The van der Waals surface area contributed by atoms with E-state index in [0.717, 1.165) is 0 Å². The highest BCUT2D eigenvalue weighted by Gasteiger charge is 2.20. The highest BCUT2D eigenvalue weighted by atomic mass is 14.2. The molecule has 74 heavy (non-hydrogen) atoms. The van der Waals surface area contributed by atoms with Gasteiger partial charge in [0, 0.05) is 0 Å². The van der Waals surface area contributed by atoms with Gasteiger partial charge in [0.15, 0.2) is 0 Å². The maximum Gasteiger partial charge on any atom is -0.00201 e. The predicted molar refractivity (Wildman–Crippen MR) is 318 cm³/mol. The molecule has 0 N–H and O–H groups in total. The molecule has 0 unspecified atom stereocenters. The van der Waals surface area contributed by atoms with E-state index in [0.29, 0.717) is 0 Å². The molecular formula is C74H50. The molecule has 0 bridgehead atoms. The molecule has 0 spiro atoms. The van der Waals surface area contributed by atoms with Crippen LogP contribution in [-0.4, -0.2) is 0 Å². The summed E-state index contributed by atoms with van der Waals surface area (Å²) in [6, 6.07) is 110. The first kappa shape index (κ1) is 44.3. The molecule has 0 aromatic heterocycles. The van der Waals surface area contributed by atoms with Crippen LogP contribution in [0.5, 0.6) is 0 Å². The maximum absolute atomic E-state index is 2.29. The van der Waals surface area contributed by atoms with E-state index >= 15 is 0 Å². The highest BCUT2D eigenvalue weighted by Crippen LogP contribution is 2.47. The topological polar surface area (TPSA) is 0 Å². The number of benzene rings is 14. The van der Waals surface area contributed by atoms with Gasteiger partial charge >= 0.3 is 0 Å². The van der Waals surface area contributed by atoms with Crippen LogP contribution in [0, 0.1) is 0 Å². The fraction of sp³-hybridized carbons (Fsp3) is 0. The zero-order valence-electron chi connectivity index (χ0n) is 40.9. The van der Waals surface area contributed by atoms with Gasteiger partial charge < -0.3 is 0 Å². The zero-order chi connectivity index (χ0) is 49.2. The monoisotopic (exact) mass is 938 g/mol. The van der Waals surface area contributed by atoms with Crippen LogP contribution < -0.4 is 0 Å². The van der Waals surface area contributed by atoms with Crippen LogP contribution in [0.25, 0.3) is 132 Å². The molecule has 0 heteroatoms. The molecule has 0 aliphatic carbocycles. The van der Waals surface area contributed by atoms with E-state index in [1.807, 2.05) is 0 Å². The lowest BCUT2D eigenvalue weighted by Gasteiger charge is -2.19. The fourth-order valence-electron chi connectivity index (χ4n) is 11.3. The zero-order valence-corrected chi connectivity index (χ0v) is 40.9. The minimum absolute atomic E-state index is 1.23. The summed E-state index contributed by atoms with van der Waals surface area (Å²) in [6.07, 6.45) is 0. The molecule has 0 radical (unpaired) electrons. The van der Waals surface area contributed by atoms with Gasteiger partial charge in [0.2, 0.25) is 0 Å². The van der Waals surface area contributed by atoms with E-state index in [9.17, 15) is 0 Å². The third kappa shape index (κ3) is 8.19. The van der Waals surface area contributed by atoms with E-state index in [4.69, 9.17) is 0 Å². The number of fused-ring (bicyclic) bond motifs is 5. The summed E-state index contributed by atoms with van der Waals surface area (Å²) >= 11 is 0. The molecule has 0 aliphatic rings. The first-order chi connectivity index (χ1) is 36.7. The molecule has 14 rings (SSSR count). The molecule has 0 atom stereocenters. The molecule has 0 fully saturated rings. The van der Waals surface area contributed by atoms with E-state index in [2.05, 4.69) is 303 Å². The van der Waals surface area contributed by atoms with Crippen LogP contribution in [0.4, 0.5) is 0 Å². The molecule has 0 aliphatic heterocycles. The van der Waals surface area contributed by atoms with Crippen molar-refractivity contribution in [3.63, 3.8) is 0 Å². The summed E-state index contributed by atoms with van der Waals surface area (Å²) in [6.45, 7) is 0. The largest absolute Gasteiger partial charge is 0.0622 e. The summed E-state index contributed by atoms with van der Waals surface area (Å²) in [7, 11) is 0. The van der Waals surface area contributed by atoms with Gasteiger partial charge in [0.05, 0.1) is 0 Å². The summed E-state index contributed by atoms with van der Waals surface area (Å²) < 4.78 is 0. The molecule has 14 aromatic rings. The highest BCUT2D eigenvalue weighted by molar-refractivity contribution is 6.23. The quantitative estimate of drug-likeness (QED) is 0.140. The number of rotatable bonds is 7. The van der Waals surface area contributed by atoms with Gasteiger partial charge in [0.25, 0.3) is 0 Å². The van der Waals surface area contributed by atoms with Crippen molar-refractivity contribution in [1.82, 2.24) is 0 Å². The molecule has 14 aromatic carbocycles. The van der Waals surface area contributed by atoms with Crippen molar-refractivity contribution < 1.29 is 0 Å². The Kier molecular flexibility index (Phi) is 11.7. The van der Waals surface area contributed by atoms with Gasteiger partial charge in [-0.05, 0) is 138 Å². The van der Waals surface area contributed by atoms with Crippen molar-refractivity contribution >= 4 is 53.9 Å². The molecule has 0 saturated heterocycles. The normalized spacial score (nSPS) is 11.2. The van der Waals surface area contributed by atoms with Gasteiger partial charge in [-0.3, -0.25) is 0 Å². The Labute approximate surface area is 432 Å². The third-order valence-corrected chi connectivity index (χ3v) is 14.7. The van der Waals surface area contributed by atoms with E-state index in [1.165, 1.54) is 132 Å². The van der Waals surface area contributed by atoms with Gasteiger partial charge in [-0.2, -0.15) is 0 Å². The average molecular weight is 939 g/mol. The van der Waals surface area contributed by atoms with Crippen molar-refractivity contribution in [2.45, 2.75) is 0 Å². The van der Waals surface area contributed by atoms with Crippen LogP contribution >= 0.6 is 0 Å². The van der Waals surface area contributed by atoms with Gasteiger partial charge in [0.1, 0.15) is 0 Å². The Balaban J connectivity index is 0.000000148. The Bertz CT molecular complexity index is 4190. The van der Waals surface area contributed by atoms with E-state index < -0.39 is 0 Å². The van der Waals surface area contributed by atoms with Gasteiger partial charge in [-0.15, -0.1) is 0 Å². The standard InChI is InChI=1S/C42H28.C32H22/c1-2-13-31(14-3-1)35-16-6-7-17-36(35)42-39-20-10-8-18-37(39)41(38-19-9-11-21-40(38)42)32-25-22-30(23-26-32)34-27-24-29-12-4-5-15-33(29)28-34;1-3-11-23(12-4-1)24-19-21-26(22-20-24)32-29-17-9-7-15-27(29)31(25-13-5-2-6-14-25)28-16-8-10-18-30(28)32/h1-28H;1-22H. The van der Waals surface area contributed by atoms with Crippen LogP contribution in [-0.2, 0) is 0 Å². The first-order valence-electron chi connectivity index (χ1n) is 25.6. The van der Waals surface area contributed by atoms with Crippen molar-refractivity contribution in [3.05, 3.63) is 303 Å². The summed E-state index contributed by atoms with van der Waals surface area (Å²) in [5.74, 6) is 0. The van der Waals surface area contributed by atoms with Crippen molar-refractivity contribution in [1.29, 1.82) is 0 Å². The molecule has 0 amide bonds. The smallest absolute Gasteiger partial charge is 0.00201 e. The van der Waals surface area contributed by atoms with Crippen LogP contribution in [0.15, 0.2) is 303 Å². The summed E-state index contributed by atoms with van der Waals surface area (Å²) in [4.78, 5) is 0. The number of hydrogen-bond acceptors (Lipinski definition) is 0. The molecule has 346 valence electrons. The van der Waals surface area contributed by atoms with Crippen molar-refractivity contribution in [2.24, 2.45) is 0 Å². The second-order valence-electron chi connectivity index (χ2n) is 19.0. The Morgan fingerprint density at radius 1 is 0.135 bits per heavy atom. The second kappa shape index (κ2) is 19.5. The second-order valence-corrected chi connectivity index (χ2v) is 19.0. The van der Waals surface area contributed by atoms with Crippen molar-refractivity contribution in [3.8, 4) is 77.9 Å². The fourth-order valence-corrected chi connectivity index (χ4v) is 11.3. The maximum atomic E-state index is 2.29. The molecular weight excluding hydrogens is 889 g/mol. The van der Waals surface area contributed by atoms with E-state index in [-0.39, 0.29) is 0 Å². The summed E-state index contributed by atoms with van der Waals surface area (Å²) in [5, 5.41) is 12.8. The average Bonchev–Trinajstić information content (AvgIpc) is 3.51. The lowest BCUT2D eigenvalue weighted by molar-refractivity contribution is 1.60. The lowest BCUT2D eigenvalue weighted by Crippen LogP contribution is -1.92. The predicted octanol–water partition coefficient (Wildman–Crippen LogP) is 20.8. The van der Waals surface area contributed by atoms with Gasteiger partial charge in [-0.1, -0.05) is 297 Å². The minimum Gasteiger partial charge on any atom is -0.0622 e. The first-order valence-corrected chi connectivity index (χ1v) is 25.6. The van der Waals surface area contributed by atoms with Crippen LogP contribution in [0.2, 0.25) is 0 Å². The lowest BCUT2D eigenvalue weighted by atomic mass is 9.83. The third-order valence-electron chi connectivity index (χ3n) is 14.7. The molecule has 0 saturated carbocycles. The molecule has 0 heterocycles. The summed E-state index contributed by atoms with van der Waals surface area (Å²) in [5.41, 5.74) is 17.6. The van der Waals surface area contributed by atoms with Crippen molar-refractivity contribution in [2.75, 3.05) is 0 Å². The SMILES string of the molecule is c1ccc(-c2ccc(-c3c4ccccc4c(-c4ccccc4)c4ccccc34)cc2)cc1.c1ccc(-c2ccccc2-c2c3ccccc3c(-c3ccc(-c4ccc5ccccc5c4)cc3)c3ccccc23)cc1. The Morgan fingerprint density at radius 2 is 0.405 bits per heavy atom. The van der Waals surface area contributed by atoms with Crippen LogP contribution in [0.3, 0.4) is 0 Å². The van der Waals surface area contributed by atoms with Crippen LogP contribution in [0.1, 0.15) is 0 Å². The minimum atomic E-state index is 1.23. The van der Waals surface area contributed by atoms with Gasteiger partial charge in [-0.25, -0.2) is 0 Å². The Hall–Kier alpha value is -9.62. The Morgan fingerprint density at radius 3 is 0.851 bits per heavy atom.